The molecule has 2 rings (SSSR count). The smallest absolute Gasteiger partial charge is 0.0695 e. The molecule has 2 fully saturated rings. The predicted octanol–water partition coefficient (Wildman–Crippen LogP) is 1.32. The van der Waals surface area contributed by atoms with Gasteiger partial charge in [-0.25, -0.2) is 0 Å². The topological polar surface area (TPSA) is 46.9 Å². The van der Waals surface area contributed by atoms with Crippen LogP contribution in [0.15, 0.2) is 0 Å². The maximum Gasteiger partial charge on any atom is 0.0695 e. The van der Waals surface area contributed by atoms with Gasteiger partial charge in [0.25, 0.3) is 0 Å². The molecule has 4 nitrogen and oxygen atoms in total. The molecule has 1 heterocycles. The first kappa shape index (κ1) is 16.9. The number of hydrogen-bond acceptors (Lipinski definition) is 4. The Hall–Kier alpha value is -0.160. The summed E-state index contributed by atoms with van der Waals surface area (Å²) in [5, 5.41) is 18.1. The monoisotopic (exact) mass is 272 g/mol. The van der Waals surface area contributed by atoms with Crippen LogP contribution in [0.2, 0.25) is 0 Å². The molecule has 0 amide bonds. The molecule has 19 heavy (non-hydrogen) atoms. The van der Waals surface area contributed by atoms with Crippen LogP contribution in [-0.4, -0.2) is 72.5 Å². The maximum atomic E-state index is 9.50. The van der Waals surface area contributed by atoms with Gasteiger partial charge in [-0.05, 0) is 52.9 Å². The summed E-state index contributed by atoms with van der Waals surface area (Å²) in [6.07, 6.45) is 8.56. The van der Waals surface area contributed by atoms with Crippen molar-refractivity contribution in [2.75, 3.05) is 40.3 Å². The Morgan fingerprint density at radius 2 is 1.63 bits per heavy atom. The molecule has 1 saturated carbocycles. The summed E-state index contributed by atoms with van der Waals surface area (Å²) in [7, 11) is 4.08. The van der Waals surface area contributed by atoms with Crippen molar-refractivity contribution in [1.82, 2.24) is 9.80 Å². The van der Waals surface area contributed by atoms with E-state index in [0.29, 0.717) is 12.6 Å². The van der Waals surface area contributed by atoms with Gasteiger partial charge in [-0.15, -0.1) is 0 Å². The molecule has 1 aliphatic heterocycles. The van der Waals surface area contributed by atoms with Gasteiger partial charge in [-0.1, -0.05) is 19.3 Å². The van der Waals surface area contributed by atoms with Crippen molar-refractivity contribution in [2.24, 2.45) is 0 Å². The average molecular weight is 272 g/mol. The van der Waals surface area contributed by atoms with E-state index < -0.39 is 0 Å². The summed E-state index contributed by atoms with van der Waals surface area (Å²) in [5.74, 6) is 0. The summed E-state index contributed by atoms with van der Waals surface area (Å²) < 4.78 is 0. The minimum absolute atomic E-state index is 0.0799. The highest BCUT2D eigenvalue weighted by atomic mass is 16.3. The number of aliphatic hydroxyl groups excluding tert-OH is 2. The molecule has 0 bridgehead atoms. The molecule has 0 aromatic carbocycles. The lowest BCUT2D eigenvalue weighted by Gasteiger charge is -2.32. The highest BCUT2D eigenvalue weighted by Gasteiger charge is 2.23. The zero-order valence-corrected chi connectivity index (χ0v) is 12.7. The Balaban J connectivity index is 0.000000191. The van der Waals surface area contributed by atoms with E-state index in [1.165, 1.54) is 45.2 Å². The van der Waals surface area contributed by atoms with Crippen LogP contribution in [0.1, 0.15) is 44.9 Å². The molecular formula is C15H32N2O2. The molecule has 114 valence electrons. The SMILES string of the molecule is CN(C)[C@@H]1CCCC[C@H]1O.OCCN1CCCCC1. The molecule has 0 unspecified atom stereocenters. The third-order valence-corrected chi connectivity index (χ3v) is 4.22. The van der Waals surface area contributed by atoms with E-state index in [0.717, 1.165) is 19.4 Å². The Kier molecular flexibility index (Phi) is 8.62. The standard InChI is InChI=1S/C8H17NO.C7H15NO/c1-9(2)7-5-3-4-6-8(7)10;9-7-6-8-4-2-1-3-5-8/h7-8,10H,3-6H2,1-2H3;9H,1-7H2/t7-,8-;/m1./s1. The Bertz CT molecular complexity index is 215. The fourth-order valence-corrected chi connectivity index (χ4v) is 3.02. The minimum Gasteiger partial charge on any atom is -0.395 e. The van der Waals surface area contributed by atoms with Crippen LogP contribution >= 0.6 is 0 Å². The lowest BCUT2D eigenvalue weighted by atomic mass is 9.92. The van der Waals surface area contributed by atoms with Crippen LogP contribution in [0.4, 0.5) is 0 Å². The number of likely N-dealkylation sites (N-methyl/N-ethyl adjacent to an activating group) is 1. The van der Waals surface area contributed by atoms with Gasteiger partial charge in [0.2, 0.25) is 0 Å². The molecule has 1 saturated heterocycles. The highest BCUT2D eigenvalue weighted by Crippen LogP contribution is 2.21. The van der Waals surface area contributed by atoms with E-state index in [9.17, 15) is 5.11 Å². The van der Waals surface area contributed by atoms with Gasteiger partial charge in [0.05, 0.1) is 12.7 Å². The Labute approximate surface area is 118 Å². The molecule has 0 spiro atoms. The number of likely N-dealkylation sites (tertiary alicyclic amines) is 1. The predicted molar refractivity (Wildman–Crippen MR) is 79.3 cm³/mol. The molecular weight excluding hydrogens is 240 g/mol. The Morgan fingerprint density at radius 3 is 2.11 bits per heavy atom. The van der Waals surface area contributed by atoms with Crippen LogP contribution in [0, 0.1) is 0 Å². The van der Waals surface area contributed by atoms with Crippen LogP contribution in [0.5, 0.6) is 0 Å². The summed E-state index contributed by atoms with van der Waals surface area (Å²) in [6.45, 7) is 3.58. The summed E-state index contributed by atoms with van der Waals surface area (Å²) in [4.78, 5) is 4.45. The first-order valence-electron chi connectivity index (χ1n) is 7.83. The number of piperidine rings is 1. The van der Waals surface area contributed by atoms with Gasteiger partial charge >= 0.3 is 0 Å². The van der Waals surface area contributed by atoms with Crippen LogP contribution in [-0.2, 0) is 0 Å². The second kappa shape index (κ2) is 9.70. The average Bonchev–Trinajstić information content (AvgIpc) is 2.41. The quantitative estimate of drug-likeness (QED) is 0.813. The van der Waals surface area contributed by atoms with Crippen molar-refractivity contribution in [2.45, 2.75) is 57.1 Å². The lowest BCUT2D eigenvalue weighted by Crippen LogP contribution is -2.41. The van der Waals surface area contributed by atoms with Gasteiger partial charge in [0.15, 0.2) is 0 Å². The zero-order valence-electron chi connectivity index (χ0n) is 12.7. The van der Waals surface area contributed by atoms with Crippen molar-refractivity contribution >= 4 is 0 Å². The van der Waals surface area contributed by atoms with Gasteiger partial charge < -0.3 is 20.0 Å². The minimum atomic E-state index is -0.0799. The van der Waals surface area contributed by atoms with Crippen molar-refractivity contribution < 1.29 is 10.2 Å². The number of nitrogens with zero attached hydrogens (tertiary/aromatic N) is 2. The van der Waals surface area contributed by atoms with E-state index in [1.54, 1.807) is 0 Å². The third kappa shape index (κ3) is 6.70. The molecule has 0 radical (unpaired) electrons. The molecule has 2 N–H and O–H groups in total. The van der Waals surface area contributed by atoms with Crippen LogP contribution in [0.25, 0.3) is 0 Å². The number of aliphatic hydroxyl groups is 2. The first-order chi connectivity index (χ1) is 9.15. The van der Waals surface area contributed by atoms with Crippen molar-refractivity contribution in [3.8, 4) is 0 Å². The van der Waals surface area contributed by atoms with Crippen molar-refractivity contribution in [1.29, 1.82) is 0 Å². The summed E-state index contributed by atoms with van der Waals surface area (Å²) >= 11 is 0. The lowest BCUT2D eigenvalue weighted by molar-refractivity contribution is 0.0435. The van der Waals surface area contributed by atoms with Gasteiger partial charge in [-0.3, -0.25) is 0 Å². The largest absolute Gasteiger partial charge is 0.395 e. The normalized spacial score (nSPS) is 28.9. The van der Waals surface area contributed by atoms with E-state index in [4.69, 9.17) is 5.11 Å². The van der Waals surface area contributed by atoms with Crippen LogP contribution < -0.4 is 0 Å². The molecule has 0 aromatic heterocycles. The van der Waals surface area contributed by atoms with Crippen molar-refractivity contribution in [3.05, 3.63) is 0 Å². The molecule has 2 atom stereocenters. The van der Waals surface area contributed by atoms with Gasteiger partial charge in [-0.2, -0.15) is 0 Å². The van der Waals surface area contributed by atoms with Gasteiger partial charge in [0, 0.05) is 12.6 Å². The molecule has 4 heteroatoms. The fraction of sp³-hybridized carbons (Fsp3) is 1.00. The Morgan fingerprint density at radius 1 is 1.00 bits per heavy atom. The van der Waals surface area contributed by atoms with E-state index in [2.05, 4.69) is 9.80 Å². The molecule has 1 aliphatic carbocycles. The number of rotatable bonds is 3. The zero-order chi connectivity index (χ0) is 14.1. The van der Waals surface area contributed by atoms with Crippen LogP contribution in [0.3, 0.4) is 0 Å². The molecule has 2 aliphatic rings. The summed E-state index contributed by atoms with van der Waals surface area (Å²) in [5.41, 5.74) is 0. The van der Waals surface area contributed by atoms with E-state index in [-0.39, 0.29) is 6.10 Å². The second-order valence-corrected chi connectivity index (χ2v) is 6.01. The maximum absolute atomic E-state index is 9.50. The third-order valence-electron chi connectivity index (χ3n) is 4.22. The van der Waals surface area contributed by atoms with Gasteiger partial charge in [0.1, 0.15) is 0 Å². The second-order valence-electron chi connectivity index (χ2n) is 6.01. The van der Waals surface area contributed by atoms with Crippen molar-refractivity contribution in [3.63, 3.8) is 0 Å². The van der Waals surface area contributed by atoms with E-state index in [1.807, 2.05) is 14.1 Å². The van der Waals surface area contributed by atoms with E-state index >= 15 is 0 Å². The summed E-state index contributed by atoms with van der Waals surface area (Å²) in [6, 6.07) is 0.411. The first-order valence-corrected chi connectivity index (χ1v) is 7.83. The molecule has 0 aromatic rings. The number of hydrogen-bond donors (Lipinski definition) is 2. The fourth-order valence-electron chi connectivity index (χ4n) is 3.02. The number of β-amino-alcohol motifs (C(OH)–C–C–N with tert-alkyl or cyclic N) is 1. The highest BCUT2D eigenvalue weighted by molar-refractivity contribution is 4.79.